The van der Waals surface area contributed by atoms with Gasteiger partial charge < -0.3 is 15.1 Å². The lowest BCUT2D eigenvalue weighted by Gasteiger charge is -2.36. The van der Waals surface area contributed by atoms with E-state index in [9.17, 15) is 4.79 Å². The topological polar surface area (TPSA) is 35.6 Å². The Balaban J connectivity index is 1.60. The fraction of sp³-hybridized carbons (Fsp3) is 0.350. The van der Waals surface area contributed by atoms with Crippen LogP contribution in [0.2, 0.25) is 0 Å². The van der Waals surface area contributed by atoms with Crippen LogP contribution in [0.5, 0.6) is 0 Å². The Bertz CT molecular complexity index is 706. The highest BCUT2D eigenvalue weighted by molar-refractivity contribution is 5.90. The van der Waals surface area contributed by atoms with Gasteiger partial charge in [0, 0.05) is 37.6 Å². The zero-order valence-electron chi connectivity index (χ0n) is 14.5. The molecule has 126 valence electrons. The minimum Gasteiger partial charge on any atom is -0.368 e. The molecule has 4 heteroatoms. The van der Waals surface area contributed by atoms with Crippen molar-refractivity contribution in [2.24, 2.45) is 0 Å². The molecule has 1 heterocycles. The number of nitrogens with zero attached hydrogens (tertiary/aromatic N) is 2. The lowest BCUT2D eigenvalue weighted by atomic mass is 10.1. The number of piperazine rings is 1. The summed E-state index contributed by atoms with van der Waals surface area (Å²) in [6.07, 6.45) is 0.914. The molecule has 1 N–H and O–H groups in total. The van der Waals surface area contributed by atoms with E-state index in [1.807, 2.05) is 23.1 Å². The molecule has 4 nitrogen and oxygen atoms in total. The molecule has 2 aromatic carbocycles. The first-order valence-corrected chi connectivity index (χ1v) is 8.63. The van der Waals surface area contributed by atoms with Crippen molar-refractivity contribution < 1.29 is 4.79 Å². The van der Waals surface area contributed by atoms with E-state index in [0.29, 0.717) is 0 Å². The van der Waals surface area contributed by atoms with Crippen molar-refractivity contribution in [3.05, 3.63) is 59.7 Å². The van der Waals surface area contributed by atoms with Gasteiger partial charge in [-0.3, -0.25) is 0 Å². The number of carbonyl (C=O) groups is 1. The van der Waals surface area contributed by atoms with Crippen molar-refractivity contribution >= 4 is 17.4 Å². The third-order valence-corrected chi connectivity index (χ3v) is 4.66. The summed E-state index contributed by atoms with van der Waals surface area (Å²) in [6.45, 7) is 7.46. The molecule has 24 heavy (non-hydrogen) atoms. The van der Waals surface area contributed by atoms with E-state index >= 15 is 0 Å². The van der Waals surface area contributed by atoms with Crippen LogP contribution in [0.25, 0.3) is 0 Å². The van der Waals surface area contributed by atoms with Crippen LogP contribution in [0, 0.1) is 6.92 Å². The van der Waals surface area contributed by atoms with E-state index in [1.54, 1.807) is 0 Å². The first kappa shape index (κ1) is 16.4. The van der Waals surface area contributed by atoms with Gasteiger partial charge in [0.05, 0.1) is 0 Å². The zero-order chi connectivity index (χ0) is 16.9. The molecule has 0 aromatic heterocycles. The SMILES string of the molecule is CCc1ccccc1NC(=O)N1CCN(c2ccccc2C)CC1. The van der Waals surface area contributed by atoms with Crippen LogP contribution in [0.3, 0.4) is 0 Å². The van der Waals surface area contributed by atoms with Crippen molar-refractivity contribution in [2.45, 2.75) is 20.3 Å². The second-order valence-electron chi connectivity index (χ2n) is 6.20. The van der Waals surface area contributed by atoms with E-state index in [4.69, 9.17) is 0 Å². The Morgan fingerprint density at radius 1 is 1.00 bits per heavy atom. The normalized spacial score (nSPS) is 14.6. The van der Waals surface area contributed by atoms with Gasteiger partial charge in [0.15, 0.2) is 0 Å². The molecule has 3 rings (SSSR count). The third-order valence-electron chi connectivity index (χ3n) is 4.66. The standard InChI is InChI=1S/C20H25N3O/c1-3-17-9-5-6-10-18(17)21-20(24)23-14-12-22(13-15-23)19-11-7-4-8-16(19)2/h4-11H,3,12-15H2,1-2H3,(H,21,24). The second kappa shape index (κ2) is 7.39. The first-order valence-electron chi connectivity index (χ1n) is 8.63. The number of hydrogen-bond acceptors (Lipinski definition) is 2. The summed E-state index contributed by atoms with van der Waals surface area (Å²) in [5.74, 6) is 0. The fourth-order valence-electron chi connectivity index (χ4n) is 3.21. The minimum absolute atomic E-state index is 0.000309. The molecule has 0 aliphatic carbocycles. The van der Waals surface area contributed by atoms with E-state index in [0.717, 1.165) is 38.3 Å². The smallest absolute Gasteiger partial charge is 0.321 e. The van der Waals surface area contributed by atoms with Gasteiger partial charge in [-0.2, -0.15) is 0 Å². The Hall–Kier alpha value is -2.49. The minimum atomic E-state index is 0.000309. The molecule has 1 aliphatic rings. The van der Waals surface area contributed by atoms with Gasteiger partial charge in [0.1, 0.15) is 0 Å². The number of carbonyl (C=O) groups excluding carboxylic acids is 1. The van der Waals surface area contributed by atoms with Gasteiger partial charge in [-0.15, -0.1) is 0 Å². The maximum absolute atomic E-state index is 12.5. The molecular formula is C20H25N3O. The molecule has 2 amide bonds. The number of para-hydroxylation sites is 2. The Morgan fingerprint density at radius 2 is 1.67 bits per heavy atom. The van der Waals surface area contributed by atoms with E-state index in [-0.39, 0.29) is 6.03 Å². The molecule has 0 radical (unpaired) electrons. The summed E-state index contributed by atoms with van der Waals surface area (Å²) in [4.78, 5) is 16.8. The summed E-state index contributed by atoms with van der Waals surface area (Å²) >= 11 is 0. The number of nitrogens with one attached hydrogen (secondary N) is 1. The van der Waals surface area contributed by atoms with Crippen LogP contribution >= 0.6 is 0 Å². The third kappa shape index (κ3) is 3.53. The number of rotatable bonds is 3. The molecule has 2 aromatic rings. The van der Waals surface area contributed by atoms with Crippen LogP contribution in [-0.2, 0) is 6.42 Å². The molecule has 1 saturated heterocycles. The van der Waals surface area contributed by atoms with Crippen LogP contribution in [0.4, 0.5) is 16.2 Å². The van der Waals surface area contributed by atoms with Crippen LogP contribution in [0.1, 0.15) is 18.1 Å². The highest BCUT2D eigenvalue weighted by Crippen LogP contribution is 2.21. The summed E-state index contributed by atoms with van der Waals surface area (Å²) in [7, 11) is 0. The number of urea groups is 1. The van der Waals surface area contributed by atoms with Crippen LogP contribution < -0.4 is 10.2 Å². The highest BCUT2D eigenvalue weighted by atomic mass is 16.2. The van der Waals surface area contributed by atoms with E-state index < -0.39 is 0 Å². The summed E-state index contributed by atoms with van der Waals surface area (Å²) in [5.41, 5.74) is 4.65. The van der Waals surface area contributed by atoms with Gasteiger partial charge >= 0.3 is 6.03 Å². The number of benzene rings is 2. The van der Waals surface area contributed by atoms with Crippen molar-refractivity contribution in [1.82, 2.24) is 4.90 Å². The predicted molar refractivity (Wildman–Crippen MR) is 99.8 cm³/mol. The average molecular weight is 323 g/mol. The number of hydrogen-bond donors (Lipinski definition) is 1. The lowest BCUT2D eigenvalue weighted by Crippen LogP contribution is -2.50. The summed E-state index contributed by atoms with van der Waals surface area (Å²) in [5, 5.41) is 3.07. The number of anilines is 2. The molecule has 1 fully saturated rings. The predicted octanol–water partition coefficient (Wildman–Crippen LogP) is 3.91. The van der Waals surface area contributed by atoms with Gasteiger partial charge in [0.2, 0.25) is 0 Å². The van der Waals surface area contributed by atoms with Crippen molar-refractivity contribution in [3.8, 4) is 0 Å². The fourth-order valence-corrected chi connectivity index (χ4v) is 3.21. The monoisotopic (exact) mass is 323 g/mol. The van der Waals surface area contributed by atoms with Crippen LogP contribution in [-0.4, -0.2) is 37.1 Å². The van der Waals surface area contributed by atoms with Gasteiger partial charge in [-0.1, -0.05) is 43.3 Å². The number of aryl methyl sites for hydroxylation is 2. The van der Waals surface area contributed by atoms with Crippen LogP contribution in [0.15, 0.2) is 48.5 Å². The molecule has 1 aliphatic heterocycles. The summed E-state index contributed by atoms with van der Waals surface area (Å²) < 4.78 is 0. The second-order valence-corrected chi connectivity index (χ2v) is 6.20. The Morgan fingerprint density at radius 3 is 2.38 bits per heavy atom. The van der Waals surface area contributed by atoms with Crippen molar-refractivity contribution in [3.63, 3.8) is 0 Å². The average Bonchev–Trinajstić information content (AvgIpc) is 2.63. The molecule has 0 bridgehead atoms. The number of amides is 2. The van der Waals surface area contributed by atoms with E-state index in [1.165, 1.54) is 16.8 Å². The quantitative estimate of drug-likeness (QED) is 0.929. The molecule has 0 atom stereocenters. The Kier molecular flexibility index (Phi) is 5.04. The zero-order valence-corrected chi connectivity index (χ0v) is 14.5. The molecule has 0 spiro atoms. The van der Waals surface area contributed by atoms with Crippen molar-refractivity contribution in [2.75, 3.05) is 36.4 Å². The first-order chi connectivity index (χ1) is 11.7. The van der Waals surface area contributed by atoms with Gasteiger partial charge in [-0.25, -0.2) is 4.79 Å². The maximum atomic E-state index is 12.5. The highest BCUT2D eigenvalue weighted by Gasteiger charge is 2.22. The van der Waals surface area contributed by atoms with Crippen molar-refractivity contribution in [1.29, 1.82) is 0 Å². The van der Waals surface area contributed by atoms with Gasteiger partial charge in [-0.05, 0) is 36.6 Å². The molecular weight excluding hydrogens is 298 g/mol. The van der Waals surface area contributed by atoms with Gasteiger partial charge in [0.25, 0.3) is 0 Å². The summed E-state index contributed by atoms with van der Waals surface area (Å²) in [6, 6.07) is 16.4. The molecule has 0 saturated carbocycles. The largest absolute Gasteiger partial charge is 0.368 e. The lowest BCUT2D eigenvalue weighted by molar-refractivity contribution is 0.208. The maximum Gasteiger partial charge on any atom is 0.321 e. The Labute approximate surface area is 144 Å². The van der Waals surface area contributed by atoms with E-state index in [2.05, 4.69) is 54.4 Å². The molecule has 0 unspecified atom stereocenters.